The van der Waals surface area contributed by atoms with Crippen molar-refractivity contribution < 1.29 is 13.6 Å². The van der Waals surface area contributed by atoms with Crippen LogP contribution in [0.5, 0.6) is 0 Å². The molecule has 3 heterocycles. The fourth-order valence-electron chi connectivity index (χ4n) is 5.74. The molecule has 196 valence electrons. The first-order valence-electron chi connectivity index (χ1n) is 12.6. The number of rotatable bonds is 4. The van der Waals surface area contributed by atoms with E-state index in [1.165, 1.54) is 6.20 Å². The zero-order chi connectivity index (χ0) is 24.9. The first-order chi connectivity index (χ1) is 16.7. The molecule has 3 aromatic rings. The van der Waals surface area contributed by atoms with Crippen molar-refractivity contribution in [2.75, 3.05) is 26.2 Å². The lowest BCUT2D eigenvalue weighted by molar-refractivity contribution is -0.0445. The number of hydrogen-bond acceptors (Lipinski definition) is 4. The van der Waals surface area contributed by atoms with Gasteiger partial charge in [-0.15, -0.1) is 12.4 Å². The van der Waals surface area contributed by atoms with Gasteiger partial charge in [0.15, 0.2) is 0 Å². The maximum Gasteiger partial charge on any atom is 0.259 e. The third kappa shape index (κ3) is 4.75. The molecule has 1 N–H and O–H groups in total. The molecule has 7 nitrogen and oxygen atoms in total. The average Bonchev–Trinajstić information content (AvgIpc) is 3.26. The van der Waals surface area contributed by atoms with Gasteiger partial charge < -0.3 is 9.88 Å². The molecule has 1 amide bonds. The van der Waals surface area contributed by atoms with Crippen LogP contribution in [0.15, 0.2) is 23.1 Å². The molecular formula is C26H34ClF2N5O2. The number of nitrogens with zero attached hydrogens (tertiary/aromatic N) is 4. The summed E-state index contributed by atoms with van der Waals surface area (Å²) in [7, 11) is 0. The molecule has 1 aliphatic heterocycles. The van der Waals surface area contributed by atoms with Crippen LogP contribution in [0, 0.1) is 6.92 Å². The molecule has 0 unspecified atom stereocenters. The minimum atomic E-state index is -2.64. The van der Waals surface area contributed by atoms with E-state index >= 15 is 0 Å². The molecule has 0 spiro atoms. The van der Waals surface area contributed by atoms with Crippen molar-refractivity contribution in [3.05, 3.63) is 39.8 Å². The number of nitrogens with one attached hydrogen (secondary N) is 1. The molecule has 1 aliphatic carbocycles. The van der Waals surface area contributed by atoms with Gasteiger partial charge in [0.25, 0.3) is 11.5 Å². The molecule has 2 aliphatic rings. The van der Waals surface area contributed by atoms with Crippen LogP contribution in [0.25, 0.3) is 21.8 Å². The Morgan fingerprint density at radius 1 is 1.19 bits per heavy atom. The van der Waals surface area contributed by atoms with E-state index < -0.39 is 5.92 Å². The van der Waals surface area contributed by atoms with Crippen molar-refractivity contribution in [2.24, 2.45) is 0 Å². The highest BCUT2D eigenvalue weighted by Crippen LogP contribution is 2.40. The van der Waals surface area contributed by atoms with E-state index in [4.69, 9.17) is 0 Å². The molecule has 0 bridgehead atoms. The predicted molar refractivity (Wildman–Crippen MR) is 140 cm³/mol. The lowest BCUT2D eigenvalue weighted by atomic mass is 9.92. The summed E-state index contributed by atoms with van der Waals surface area (Å²) in [5, 5.41) is 5.59. The summed E-state index contributed by atoms with van der Waals surface area (Å²) in [5.41, 5.74) is 2.38. The molecule has 1 saturated heterocycles. The Labute approximate surface area is 215 Å². The van der Waals surface area contributed by atoms with Gasteiger partial charge in [0, 0.05) is 49.5 Å². The number of alkyl halides is 2. The smallest absolute Gasteiger partial charge is 0.259 e. The zero-order valence-corrected chi connectivity index (χ0v) is 21.8. The highest BCUT2D eigenvalue weighted by Gasteiger charge is 2.36. The Balaban J connectivity index is 0.00000304. The summed E-state index contributed by atoms with van der Waals surface area (Å²) in [5.74, 6) is -2.66. The molecule has 5 rings (SSSR count). The highest BCUT2D eigenvalue weighted by atomic mass is 35.5. The lowest BCUT2D eigenvalue weighted by Crippen LogP contribution is -2.53. The number of aryl methyl sites for hydroxylation is 1. The summed E-state index contributed by atoms with van der Waals surface area (Å²) >= 11 is 0. The van der Waals surface area contributed by atoms with E-state index in [2.05, 4.69) is 28.8 Å². The minimum Gasteiger partial charge on any atom is -0.336 e. The van der Waals surface area contributed by atoms with Crippen molar-refractivity contribution in [3.8, 4) is 0 Å². The van der Waals surface area contributed by atoms with Gasteiger partial charge in [-0.2, -0.15) is 5.10 Å². The number of H-pyrrole nitrogens is 1. The number of hydrogen-bond donors (Lipinski definition) is 1. The third-order valence-corrected chi connectivity index (χ3v) is 7.73. The fraction of sp³-hybridized carbons (Fsp3) is 0.577. The van der Waals surface area contributed by atoms with E-state index in [9.17, 15) is 18.4 Å². The van der Waals surface area contributed by atoms with Crippen LogP contribution in [0.1, 0.15) is 67.9 Å². The number of halogens is 3. The molecule has 2 aromatic heterocycles. The van der Waals surface area contributed by atoms with Crippen LogP contribution in [0.4, 0.5) is 8.78 Å². The summed E-state index contributed by atoms with van der Waals surface area (Å²) in [4.78, 5) is 33.6. The molecule has 10 heteroatoms. The van der Waals surface area contributed by atoms with Crippen molar-refractivity contribution in [1.82, 2.24) is 24.6 Å². The monoisotopic (exact) mass is 521 g/mol. The van der Waals surface area contributed by atoms with Crippen molar-refractivity contribution in [1.29, 1.82) is 0 Å². The molecule has 0 radical (unpaired) electrons. The number of pyridine rings is 1. The number of aromatic nitrogens is 3. The van der Waals surface area contributed by atoms with Gasteiger partial charge in [-0.05, 0) is 57.4 Å². The van der Waals surface area contributed by atoms with E-state index in [1.807, 2.05) is 24.0 Å². The van der Waals surface area contributed by atoms with Crippen LogP contribution >= 0.6 is 12.4 Å². The van der Waals surface area contributed by atoms with Crippen LogP contribution in [0.2, 0.25) is 0 Å². The summed E-state index contributed by atoms with van der Waals surface area (Å²) in [6.07, 6.45) is 2.82. The van der Waals surface area contributed by atoms with Crippen LogP contribution in [-0.4, -0.2) is 68.6 Å². The SMILES string of the molecule is CCCN1CCN(C(=O)c2cc3c(cc2C)[nH]c(=O)c2cnn(C4CCC(F)(F)CC4)c23)C[C@@H]1C.Cl. The number of fused-ring (bicyclic) bond motifs is 3. The first-order valence-corrected chi connectivity index (χ1v) is 12.6. The number of amides is 1. The second-order valence-corrected chi connectivity index (χ2v) is 10.2. The number of carbonyl (C=O) groups is 1. The quantitative estimate of drug-likeness (QED) is 0.529. The molecular weight excluding hydrogens is 488 g/mol. The Morgan fingerprint density at radius 2 is 1.92 bits per heavy atom. The Bertz CT molecular complexity index is 1330. The second kappa shape index (κ2) is 10.1. The highest BCUT2D eigenvalue weighted by molar-refractivity contribution is 6.07. The summed E-state index contributed by atoms with van der Waals surface area (Å²) in [6, 6.07) is 3.78. The minimum absolute atomic E-state index is 0. The maximum atomic E-state index is 13.8. The van der Waals surface area contributed by atoms with Crippen LogP contribution in [0.3, 0.4) is 0 Å². The topological polar surface area (TPSA) is 74.2 Å². The Kier molecular flexibility index (Phi) is 7.44. The molecule has 1 aromatic carbocycles. The largest absolute Gasteiger partial charge is 0.336 e. The van der Waals surface area contributed by atoms with Gasteiger partial charge in [0.2, 0.25) is 5.92 Å². The zero-order valence-electron chi connectivity index (χ0n) is 21.0. The number of piperazine rings is 1. The van der Waals surface area contributed by atoms with Gasteiger partial charge >= 0.3 is 0 Å². The van der Waals surface area contributed by atoms with Gasteiger partial charge in [-0.3, -0.25) is 19.2 Å². The van der Waals surface area contributed by atoms with Crippen molar-refractivity contribution >= 4 is 40.1 Å². The molecule has 36 heavy (non-hydrogen) atoms. The predicted octanol–water partition coefficient (Wildman–Crippen LogP) is 4.91. The molecule has 2 fully saturated rings. The van der Waals surface area contributed by atoms with Crippen molar-refractivity contribution in [2.45, 2.75) is 70.9 Å². The second-order valence-electron chi connectivity index (χ2n) is 10.2. The normalized spacial score (nSPS) is 21.1. The van der Waals surface area contributed by atoms with Gasteiger partial charge in [-0.1, -0.05) is 6.92 Å². The third-order valence-electron chi connectivity index (χ3n) is 7.73. The van der Waals surface area contributed by atoms with Crippen LogP contribution in [-0.2, 0) is 0 Å². The standard InChI is InChI=1S/C26H33F2N5O2.ClH/c1-4-9-31-10-11-32(15-17(31)3)25(35)19-13-20-22(12-16(19)2)30-24(34)21-14-29-33(23(20)21)18-5-7-26(27,28)8-6-18;/h12-14,17-18H,4-11,15H2,1-3H3,(H,30,34);1H/t17-;/m0./s1. The van der Waals surface area contributed by atoms with Crippen molar-refractivity contribution in [3.63, 3.8) is 0 Å². The average molecular weight is 522 g/mol. The maximum absolute atomic E-state index is 13.8. The number of aromatic amines is 1. The number of benzene rings is 1. The van der Waals surface area contributed by atoms with Gasteiger partial charge in [-0.25, -0.2) is 8.78 Å². The molecule has 1 atom stereocenters. The Hall–Kier alpha value is -2.52. The van der Waals surface area contributed by atoms with E-state index in [-0.39, 0.29) is 42.8 Å². The first kappa shape index (κ1) is 26.5. The molecule has 1 saturated carbocycles. The number of carbonyl (C=O) groups excluding carboxylic acids is 1. The Morgan fingerprint density at radius 3 is 2.58 bits per heavy atom. The van der Waals surface area contributed by atoms with Gasteiger partial charge in [0.05, 0.1) is 28.7 Å². The van der Waals surface area contributed by atoms with E-state index in [0.717, 1.165) is 30.5 Å². The van der Waals surface area contributed by atoms with Crippen LogP contribution < -0.4 is 5.56 Å². The fourth-order valence-corrected chi connectivity index (χ4v) is 5.74. The van der Waals surface area contributed by atoms with Gasteiger partial charge in [0.1, 0.15) is 0 Å². The van der Waals surface area contributed by atoms with E-state index in [0.29, 0.717) is 54.0 Å². The summed E-state index contributed by atoms with van der Waals surface area (Å²) in [6.45, 7) is 9.43. The summed E-state index contributed by atoms with van der Waals surface area (Å²) < 4.78 is 29.3. The van der Waals surface area contributed by atoms with E-state index in [1.54, 1.807) is 4.68 Å². The lowest BCUT2D eigenvalue weighted by Gasteiger charge is -2.40.